The third-order valence-electron chi connectivity index (χ3n) is 8.44. The summed E-state index contributed by atoms with van der Waals surface area (Å²) in [5.74, 6) is -6.61. The van der Waals surface area contributed by atoms with Crippen LogP contribution in [0.25, 0.3) is 11.2 Å². The van der Waals surface area contributed by atoms with E-state index in [4.69, 9.17) is 5.73 Å². The lowest BCUT2D eigenvalue weighted by atomic mass is 10.1. The molecule has 0 bridgehead atoms. The lowest BCUT2D eigenvalue weighted by molar-refractivity contribution is -0.142. The second-order valence-electron chi connectivity index (χ2n) is 13.0. The fraction of sp³-hybridized carbons (Fsp3) is 0.400. The molecular formula is C35H41N11O11S. The zero-order chi connectivity index (χ0) is 42.5. The number of carboxylic acids is 2. The number of imide groups is 1. The second-order valence-corrected chi connectivity index (χ2v) is 14.3. The minimum atomic E-state index is -1.51. The number of nitrogens with zero attached hydrogens (tertiary/aromatic N) is 5. The van der Waals surface area contributed by atoms with Crippen LogP contribution in [0.3, 0.4) is 0 Å². The summed E-state index contributed by atoms with van der Waals surface area (Å²) in [5.41, 5.74) is 8.98. The van der Waals surface area contributed by atoms with Gasteiger partial charge in [-0.3, -0.25) is 38.7 Å². The number of hydrazone groups is 1. The number of hydrogen-bond acceptors (Lipinski definition) is 16. The summed E-state index contributed by atoms with van der Waals surface area (Å²) in [4.78, 5) is 126. The molecule has 23 heteroatoms. The molecule has 1 aliphatic heterocycles. The number of nitrogen functional groups attached to an aromatic ring is 1. The first-order chi connectivity index (χ1) is 27.5. The summed E-state index contributed by atoms with van der Waals surface area (Å²) >= 11 is 0.836. The van der Waals surface area contributed by atoms with E-state index in [9.17, 15) is 53.4 Å². The molecule has 1 unspecified atom stereocenters. The van der Waals surface area contributed by atoms with Gasteiger partial charge in [0, 0.05) is 54.9 Å². The molecule has 9 N–H and O–H groups in total. The molecule has 3 heterocycles. The van der Waals surface area contributed by atoms with Crippen LogP contribution in [-0.2, 0) is 40.1 Å². The van der Waals surface area contributed by atoms with Crippen LogP contribution in [0.2, 0.25) is 0 Å². The van der Waals surface area contributed by atoms with Crippen molar-refractivity contribution in [3.05, 3.63) is 52.1 Å². The van der Waals surface area contributed by atoms with Gasteiger partial charge in [0.05, 0.1) is 23.7 Å². The van der Waals surface area contributed by atoms with Crippen molar-refractivity contribution in [2.24, 2.45) is 5.10 Å². The van der Waals surface area contributed by atoms with E-state index in [-0.39, 0.29) is 73.0 Å². The van der Waals surface area contributed by atoms with Crippen LogP contribution in [0.15, 0.2) is 40.4 Å². The molecule has 2 aromatic heterocycles. The van der Waals surface area contributed by atoms with Gasteiger partial charge in [-0.1, -0.05) is 0 Å². The molecule has 308 valence electrons. The topological polar surface area (TPSA) is 338 Å². The number of anilines is 2. The lowest BCUT2D eigenvalue weighted by Crippen LogP contribution is -2.45. The standard InChI is InChI=1S/C35H41N11O11S/c1-17(3-4-18(2)47)44-45-26(49)11-12-46-27(50)13-24(32(46)53)58-16-23(34(56)57)40-25(48)10-9-22(33(54)55)41-30(51)19-5-7-20(8-6-19)37-14-21-15-38-29-28(39-21)31(52)43-35(36)42-29/h5-8,15,22-24,37H,3-4,9-14,16H2,1-2H3,(H,40,48)(H,41,51)(H,45,49)(H,54,55)(H,56,57)(H3,36,38,42,43,52)/b44-17+/t22-,23-,24?/m0/s1. The average Bonchev–Trinajstić information content (AvgIpc) is 3.45. The van der Waals surface area contributed by atoms with E-state index in [1.807, 2.05) is 0 Å². The largest absolute Gasteiger partial charge is 0.480 e. The van der Waals surface area contributed by atoms with Gasteiger partial charge in [0.1, 0.15) is 17.9 Å². The van der Waals surface area contributed by atoms with Crippen molar-refractivity contribution in [1.29, 1.82) is 0 Å². The molecule has 1 aromatic carbocycles. The van der Waals surface area contributed by atoms with Gasteiger partial charge in [-0.2, -0.15) is 10.1 Å². The van der Waals surface area contributed by atoms with Gasteiger partial charge in [0.25, 0.3) is 11.5 Å². The Morgan fingerprint density at radius 1 is 0.948 bits per heavy atom. The number of aromatic nitrogens is 4. The molecule has 22 nitrogen and oxygen atoms in total. The number of benzene rings is 1. The van der Waals surface area contributed by atoms with Crippen LogP contribution in [-0.4, -0.2) is 118 Å². The lowest BCUT2D eigenvalue weighted by Gasteiger charge is -2.18. The number of amides is 5. The molecule has 0 radical (unpaired) electrons. The molecule has 0 aliphatic carbocycles. The number of H-pyrrole nitrogens is 1. The van der Waals surface area contributed by atoms with E-state index in [2.05, 4.69) is 46.4 Å². The third kappa shape index (κ3) is 12.9. The normalized spacial score (nSPS) is 15.1. The van der Waals surface area contributed by atoms with E-state index < -0.39 is 70.8 Å². The molecule has 3 atom stereocenters. The number of fused-ring (bicyclic) bond motifs is 1. The molecule has 4 rings (SSSR count). The van der Waals surface area contributed by atoms with Gasteiger partial charge in [0.2, 0.25) is 29.6 Å². The molecule has 3 aromatic rings. The second kappa shape index (κ2) is 20.4. The Labute approximate surface area is 333 Å². The fourth-order valence-corrected chi connectivity index (χ4v) is 6.45. The van der Waals surface area contributed by atoms with Gasteiger partial charge in [-0.25, -0.2) is 25.0 Å². The Morgan fingerprint density at radius 3 is 2.33 bits per heavy atom. The van der Waals surface area contributed by atoms with Crippen LogP contribution in [0.5, 0.6) is 0 Å². The number of carbonyl (C=O) groups is 8. The summed E-state index contributed by atoms with van der Waals surface area (Å²) in [6, 6.07) is 2.96. The number of Topliss-reactive ketones (excluding diaryl/α,β-unsaturated/α-hetero) is 1. The summed E-state index contributed by atoms with van der Waals surface area (Å²) in [7, 11) is 0. The van der Waals surface area contributed by atoms with Gasteiger partial charge < -0.3 is 36.7 Å². The number of hydrogen-bond donors (Lipinski definition) is 8. The van der Waals surface area contributed by atoms with Crippen molar-refractivity contribution in [3.63, 3.8) is 0 Å². The molecular weight excluding hydrogens is 783 g/mol. The van der Waals surface area contributed by atoms with Crippen molar-refractivity contribution in [2.75, 3.05) is 23.3 Å². The first-order valence-corrected chi connectivity index (χ1v) is 18.7. The number of rotatable bonds is 21. The number of carboxylic acid groups (broad SMARTS) is 2. The van der Waals surface area contributed by atoms with E-state index in [1.54, 1.807) is 19.1 Å². The Balaban J connectivity index is 1.21. The van der Waals surface area contributed by atoms with Crippen LogP contribution in [0.4, 0.5) is 11.6 Å². The number of thioether (sulfide) groups is 1. The molecule has 5 amide bonds. The minimum absolute atomic E-state index is 0.00848. The van der Waals surface area contributed by atoms with E-state index in [0.717, 1.165) is 16.7 Å². The Kier molecular flexibility index (Phi) is 15.5. The number of aliphatic carboxylic acids is 2. The first-order valence-electron chi connectivity index (χ1n) is 17.7. The van der Waals surface area contributed by atoms with Crippen molar-refractivity contribution in [1.82, 2.24) is 40.9 Å². The van der Waals surface area contributed by atoms with E-state index in [0.29, 0.717) is 23.5 Å². The predicted molar refractivity (Wildman–Crippen MR) is 207 cm³/mol. The molecule has 1 fully saturated rings. The van der Waals surface area contributed by atoms with Gasteiger partial charge >= 0.3 is 11.9 Å². The Hall–Kier alpha value is -6.78. The van der Waals surface area contributed by atoms with Crippen LogP contribution in [0.1, 0.15) is 68.4 Å². The number of carbonyl (C=O) groups excluding carboxylic acids is 6. The highest BCUT2D eigenvalue weighted by Gasteiger charge is 2.39. The summed E-state index contributed by atoms with van der Waals surface area (Å²) < 4.78 is 0. The number of ketones is 1. The summed E-state index contributed by atoms with van der Waals surface area (Å²) in [6.45, 7) is 3.00. The zero-order valence-corrected chi connectivity index (χ0v) is 32.1. The summed E-state index contributed by atoms with van der Waals surface area (Å²) in [5, 5.41) is 30.0. The van der Waals surface area contributed by atoms with Gasteiger partial charge in [0.15, 0.2) is 11.2 Å². The maximum absolute atomic E-state index is 12.9. The highest BCUT2D eigenvalue weighted by molar-refractivity contribution is 8.00. The maximum atomic E-state index is 12.9. The van der Waals surface area contributed by atoms with Gasteiger partial charge in [-0.15, -0.1) is 11.8 Å². The van der Waals surface area contributed by atoms with Crippen LogP contribution < -0.4 is 32.7 Å². The molecule has 0 saturated carbocycles. The SMILES string of the molecule is CC(=O)CC/C(C)=N/NC(=O)CCN1C(=O)CC(SC[C@H](NC(=O)CC[C@H](NC(=O)c2ccc(NCc3cnc4nc(N)[nH]c(=O)c4n3)cc2)C(=O)O)C(=O)O)C1=O. The predicted octanol–water partition coefficient (Wildman–Crippen LogP) is -0.448. The fourth-order valence-electron chi connectivity index (χ4n) is 5.27. The quantitative estimate of drug-likeness (QED) is 0.0383. The number of likely N-dealkylation sites (tertiary alicyclic amines) is 1. The molecule has 58 heavy (non-hydrogen) atoms. The summed E-state index contributed by atoms with van der Waals surface area (Å²) in [6.07, 6.45) is 0.710. The first kappa shape index (κ1) is 43.9. The number of nitrogens with two attached hydrogens (primary N) is 1. The molecule has 1 saturated heterocycles. The smallest absolute Gasteiger partial charge is 0.327 e. The Morgan fingerprint density at radius 2 is 1.66 bits per heavy atom. The highest BCUT2D eigenvalue weighted by Crippen LogP contribution is 2.26. The molecule has 1 aliphatic rings. The average molecular weight is 824 g/mol. The third-order valence-corrected chi connectivity index (χ3v) is 9.74. The van der Waals surface area contributed by atoms with Crippen molar-refractivity contribution >= 4 is 87.5 Å². The van der Waals surface area contributed by atoms with E-state index >= 15 is 0 Å². The van der Waals surface area contributed by atoms with Crippen molar-refractivity contribution < 1.29 is 48.6 Å². The Bertz CT molecular complexity index is 2180. The van der Waals surface area contributed by atoms with Crippen LogP contribution in [0, 0.1) is 0 Å². The van der Waals surface area contributed by atoms with Gasteiger partial charge in [-0.05, 0) is 51.0 Å². The molecule has 0 spiro atoms. The van der Waals surface area contributed by atoms with Crippen LogP contribution >= 0.6 is 11.8 Å². The number of aromatic amines is 1. The number of nitrogens with one attached hydrogen (secondary N) is 5. The zero-order valence-electron chi connectivity index (χ0n) is 31.3. The van der Waals surface area contributed by atoms with Crippen molar-refractivity contribution in [3.8, 4) is 0 Å². The minimum Gasteiger partial charge on any atom is -0.480 e. The maximum Gasteiger partial charge on any atom is 0.327 e. The van der Waals surface area contributed by atoms with E-state index in [1.165, 1.54) is 25.3 Å². The van der Waals surface area contributed by atoms with Crippen molar-refractivity contribution in [2.45, 2.75) is 76.3 Å². The monoisotopic (exact) mass is 823 g/mol. The highest BCUT2D eigenvalue weighted by atomic mass is 32.2.